The third kappa shape index (κ3) is 6.06. The molecule has 42 heavy (non-hydrogen) atoms. The van der Waals surface area contributed by atoms with Crippen LogP contribution in [0.4, 0.5) is 5.69 Å². The molecular weight excluding hydrogens is 538 g/mol. The molecular formula is C31H40N5O6+. The second kappa shape index (κ2) is 12.8. The summed E-state index contributed by atoms with van der Waals surface area (Å²) in [7, 11) is 5.42. The number of amides is 1. The molecule has 0 radical (unpaired) electrons. The maximum atomic E-state index is 14.0. The van der Waals surface area contributed by atoms with Crippen molar-refractivity contribution in [1.82, 2.24) is 14.5 Å². The molecule has 1 fully saturated rings. The van der Waals surface area contributed by atoms with Gasteiger partial charge in [0.25, 0.3) is 0 Å². The standard InChI is InChI=1S/C31H39N5O6/c1-5-6-13-36(22-8-7-12-33(2)17-22)28(37)19-35-18-23(21-15-25(40-4)30-26(16-21)41-20-42-30)29(31(38)39)24(35)9-10-27-32-11-14-34(27)3/h7-8,11-12,14-17,23-24,29H,5-6,9-10,13,18-20H2,1-4H3/p+1/t23-,24+,29-/m1/s1. The molecule has 3 atom stereocenters. The monoisotopic (exact) mass is 578 g/mol. The molecule has 0 aliphatic carbocycles. The van der Waals surface area contributed by atoms with Crippen LogP contribution in [0.2, 0.25) is 0 Å². The first kappa shape index (κ1) is 29.4. The van der Waals surface area contributed by atoms with Crippen LogP contribution in [0.5, 0.6) is 17.2 Å². The number of aliphatic carboxylic acids is 1. The summed E-state index contributed by atoms with van der Waals surface area (Å²) in [5, 5.41) is 10.6. The number of methoxy groups -OCH3 is 1. The molecule has 2 aliphatic heterocycles. The molecule has 1 N–H and O–H groups in total. The Morgan fingerprint density at radius 2 is 2.12 bits per heavy atom. The van der Waals surface area contributed by atoms with E-state index in [1.807, 2.05) is 75.9 Å². The van der Waals surface area contributed by atoms with Crippen LogP contribution in [0.1, 0.15) is 43.5 Å². The summed E-state index contributed by atoms with van der Waals surface area (Å²) in [6.07, 6.45) is 10.5. The highest BCUT2D eigenvalue weighted by Crippen LogP contribution is 2.47. The molecule has 3 aromatic rings. The van der Waals surface area contributed by atoms with Crippen molar-refractivity contribution in [2.24, 2.45) is 20.0 Å². The molecule has 11 nitrogen and oxygen atoms in total. The fourth-order valence-electron chi connectivity index (χ4n) is 6.17. The number of fused-ring (bicyclic) bond motifs is 1. The topological polar surface area (TPSA) is 110 Å². The summed E-state index contributed by atoms with van der Waals surface area (Å²) in [4.78, 5) is 35.3. The van der Waals surface area contributed by atoms with E-state index in [9.17, 15) is 14.7 Å². The maximum Gasteiger partial charge on any atom is 0.308 e. The first-order valence-corrected chi connectivity index (χ1v) is 14.5. The number of aromatic nitrogens is 3. The second-order valence-corrected chi connectivity index (χ2v) is 11.0. The van der Waals surface area contributed by atoms with E-state index < -0.39 is 11.9 Å². The Morgan fingerprint density at radius 1 is 1.29 bits per heavy atom. The Balaban J connectivity index is 1.48. The number of hydrogen-bond acceptors (Lipinski definition) is 7. The van der Waals surface area contributed by atoms with Crippen LogP contribution >= 0.6 is 0 Å². The van der Waals surface area contributed by atoms with Gasteiger partial charge in [-0.05, 0) is 36.6 Å². The maximum absolute atomic E-state index is 14.0. The highest BCUT2D eigenvalue weighted by molar-refractivity contribution is 5.94. The summed E-state index contributed by atoms with van der Waals surface area (Å²) in [5.41, 5.74) is 1.62. The lowest BCUT2D eigenvalue weighted by molar-refractivity contribution is -0.670. The normalized spacial score (nSPS) is 19.7. The van der Waals surface area contributed by atoms with Crippen molar-refractivity contribution in [3.05, 3.63) is 60.4 Å². The average molecular weight is 579 g/mol. The summed E-state index contributed by atoms with van der Waals surface area (Å²) in [6, 6.07) is 7.18. The third-order valence-electron chi connectivity index (χ3n) is 8.34. The van der Waals surface area contributed by atoms with Gasteiger partial charge in [-0.2, -0.15) is 0 Å². The molecule has 5 rings (SSSR count). The number of carboxylic acids is 1. The second-order valence-electron chi connectivity index (χ2n) is 11.0. The SMILES string of the molecule is CCCCN(C(=O)CN1C[C@H](c2cc(OC)c3c(c2)OCO3)[C@@H](C(=O)O)[C@@H]1CCc1nccn1C)c1ccc[n+](C)c1. The number of aryl methyl sites for hydroxylation is 3. The van der Waals surface area contributed by atoms with E-state index in [0.29, 0.717) is 43.2 Å². The minimum Gasteiger partial charge on any atom is -0.493 e. The number of ether oxygens (including phenoxy) is 3. The van der Waals surface area contributed by atoms with Crippen LogP contribution in [0.3, 0.4) is 0 Å². The van der Waals surface area contributed by atoms with E-state index in [-0.39, 0.29) is 31.2 Å². The number of imidazole rings is 1. The van der Waals surface area contributed by atoms with Crippen LogP contribution in [0.15, 0.2) is 49.1 Å². The number of carboxylic acid groups (broad SMARTS) is 1. The number of anilines is 1. The fraction of sp³-hybridized carbons (Fsp3) is 0.484. The summed E-state index contributed by atoms with van der Waals surface area (Å²) >= 11 is 0. The Kier molecular flexibility index (Phi) is 8.96. The number of hydrogen-bond donors (Lipinski definition) is 1. The molecule has 1 amide bonds. The number of unbranched alkanes of at least 4 members (excludes halogenated alkanes) is 1. The van der Waals surface area contributed by atoms with Gasteiger partial charge >= 0.3 is 5.97 Å². The highest BCUT2D eigenvalue weighted by atomic mass is 16.7. The van der Waals surface area contributed by atoms with Gasteiger partial charge in [0.1, 0.15) is 18.6 Å². The molecule has 11 heteroatoms. The molecule has 2 aliphatic rings. The molecule has 1 aromatic carbocycles. The highest BCUT2D eigenvalue weighted by Gasteiger charge is 2.47. The molecule has 224 valence electrons. The van der Waals surface area contributed by atoms with Gasteiger partial charge in [0.2, 0.25) is 18.4 Å². The Bertz CT molecular complexity index is 1420. The number of nitrogens with zero attached hydrogens (tertiary/aromatic N) is 5. The molecule has 0 unspecified atom stereocenters. The van der Waals surface area contributed by atoms with Gasteiger partial charge in [-0.15, -0.1) is 0 Å². The first-order valence-electron chi connectivity index (χ1n) is 14.5. The fourth-order valence-corrected chi connectivity index (χ4v) is 6.17. The predicted molar refractivity (Wildman–Crippen MR) is 155 cm³/mol. The van der Waals surface area contributed by atoms with E-state index in [2.05, 4.69) is 11.9 Å². The van der Waals surface area contributed by atoms with Crippen molar-refractivity contribution < 1.29 is 33.5 Å². The Hall–Kier alpha value is -4.12. The third-order valence-corrected chi connectivity index (χ3v) is 8.34. The number of likely N-dealkylation sites (tertiary alicyclic amines) is 1. The van der Waals surface area contributed by atoms with E-state index in [0.717, 1.165) is 29.9 Å². The van der Waals surface area contributed by atoms with E-state index in [4.69, 9.17) is 14.2 Å². The van der Waals surface area contributed by atoms with Gasteiger partial charge in [-0.1, -0.05) is 13.3 Å². The van der Waals surface area contributed by atoms with Crippen molar-refractivity contribution in [3.63, 3.8) is 0 Å². The van der Waals surface area contributed by atoms with Crippen molar-refractivity contribution in [3.8, 4) is 17.2 Å². The predicted octanol–water partition coefficient (Wildman–Crippen LogP) is 2.92. The molecule has 4 heterocycles. The minimum atomic E-state index is -0.894. The molecule has 0 bridgehead atoms. The van der Waals surface area contributed by atoms with Gasteiger partial charge < -0.3 is 28.8 Å². The molecule has 2 aromatic heterocycles. The number of pyridine rings is 1. The van der Waals surface area contributed by atoms with Gasteiger partial charge in [-0.3, -0.25) is 14.5 Å². The van der Waals surface area contributed by atoms with Crippen LogP contribution in [-0.2, 0) is 30.1 Å². The van der Waals surface area contributed by atoms with Gasteiger partial charge in [0.15, 0.2) is 23.9 Å². The summed E-state index contributed by atoms with van der Waals surface area (Å²) in [6.45, 7) is 3.29. The number of carbonyl (C=O) groups is 2. The largest absolute Gasteiger partial charge is 0.493 e. The lowest BCUT2D eigenvalue weighted by atomic mass is 9.83. The molecule has 1 saturated heterocycles. The number of benzene rings is 1. The van der Waals surface area contributed by atoms with Crippen molar-refractivity contribution in [2.45, 2.75) is 44.6 Å². The zero-order chi connectivity index (χ0) is 29.8. The van der Waals surface area contributed by atoms with Crippen molar-refractivity contribution in [2.75, 3.05) is 38.4 Å². The number of rotatable bonds is 12. The first-order chi connectivity index (χ1) is 20.3. The van der Waals surface area contributed by atoms with Gasteiger partial charge in [0, 0.05) is 57.0 Å². The average Bonchev–Trinajstić information content (AvgIpc) is 3.70. The summed E-state index contributed by atoms with van der Waals surface area (Å²) < 4.78 is 20.7. The van der Waals surface area contributed by atoms with Gasteiger partial charge in [-0.25, -0.2) is 9.55 Å². The van der Waals surface area contributed by atoms with Crippen molar-refractivity contribution >= 4 is 17.6 Å². The summed E-state index contributed by atoms with van der Waals surface area (Å²) in [5.74, 6) is 0.359. The quantitative estimate of drug-likeness (QED) is 0.327. The molecule has 0 spiro atoms. The van der Waals surface area contributed by atoms with Crippen LogP contribution < -0.4 is 23.7 Å². The van der Waals surface area contributed by atoms with E-state index >= 15 is 0 Å². The lowest BCUT2D eigenvalue weighted by Gasteiger charge is -2.29. The van der Waals surface area contributed by atoms with Gasteiger partial charge in [0.05, 0.1) is 19.6 Å². The van der Waals surface area contributed by atoms with E-state index in [1.54, 1.807) is 13.3 Å². The van der Waals surface area contributed by atoms with Crippen LogP contribution in [0.25, 0.3) is 0 Å². The lowest BCUT2D eigenvalue weighted by Crippen LogP contribution is -2.45. The van der Waals surface area contributed by atoms with Crippen LogP contribution in [-0.4, -0.2) is 71.0 Å². The van der Waals surface area contributed by atoms with Crippen molar-refractivity contribution in [1.29, 1.82) is 0 Å². The van der Waals surface area contributed by atoms with E-state index in [1.165, 1.54) is 0 Å². The zero-order valence-corrected chi connectivity index (χ0v) is 24.7. The number of carbonyl (C=O) groups excluding carboxylic acids is 1. The smallest absolute Gasteiger partial charge is 0.308 e. The molecule has 0 saturated carbocycles. The van der Waals surface area contributed by atoms with Crippen LogP contribution in [0, 0.1) is 5.92 Å². The minimum absolute atomic E-state index is 0.0512. The Morgan fingerprint density at radius 3 is 2.81 bits per heavy atom. The Labute approximate surface area is 246 Å². The zero-order valence-electron chi connectivity index (χ0n) is 24.7.